The van der Waals surface area contributed by atoms with Crippen molar-refractivity contribution in [2.24, 2.45) is 0 Å². The fraction of sp³-hybridized carbons (Fsp3) is 0.125. The van der Waals surface area contributed by atoms with Crippen molar-refractivity contribution in [1.82, 2.24) is 14.8 Å². The van der Waals surface area contributed by atoms with E-state index in [0.717, 1.165) is 17.2 Å². The van der Waals surface area contributed by atoms with Crippen LogP contribution in [0.1, 0.15) is 11.4 Å². The Labute approximate surface area is 159 Å². The molecule has 0 saturated carbocycles. The fourth-order valence-electron chi connectivity index (χ4n) is 2.16. The number of anilines is 2. The number of benzene rings is 1. The Morgan fingerprint density at radius 1 is 1.04 bits per heavy atom. The molecular weight excluding hydrogens is 390 g/mol. The molecule has 0 saturated heterocycles. The van der Waals surface area contributed by atoms with E-state index in [9.17, 15) is 0 Å². The molecule has 124 valence electrons. The van der Waals surface area contributed by atoms with Crippen LogP contribution in [0.3, 0.4) is 0 Å². The number of aromatic nitrogens is 3. The summed E-state index contributed by atoms with van der Waals surface area (Å²) in [5.41, 5.74) is 2.06. The molecule has 0 atom stereocenters. The summed E-state index contributed by atoms with van der Waals surface area (Å²) in [6.45, 7) is 1.91. The summed E-state index contributed by atoms with van der Waals surface area (Å²) in [4.78, 5) is 4.33. The molecule has 0 unspecified atom stereocenters. The first-order chi connectivity index (χ1) is 11.3. The maximum absolute atomic E-state index is 5.94. The SMILES string of the molecule is Cc1cc(Nc2cccc(C(Cl)(Cl)Cl)n2)n(-c2ccc(Cl)cc2)n1. The van der Waals surface area contributed by atoms with Gasteiger partial charge in [-0.15, -0.1) is 0 Å². The predicted octanol–water partition coefficient (Wildman–Crippen LogP) is 5.80. The second-order valence-electron chi connectivity index (χ2n) is 5.09. The minimum atomic E-state index is -1.58. The molecule has 24 heavy (non-hydrogen) atoms. The maximum Gasteiger partial charge on any atom is 0.232 e. The molecule has 1 aromatic carbocycles. The van der Waals surface area contributed by atoms with Crippen LogP contribution in [0.5, 0.6) is 0 Å². The Balaban J connectivity index is 1.95. The lowest BCUT2D eigenvalue weighted by Gasteiger charge is -2.13. The lowest BCUT2D eigenvalue weighted by Crippen LogP contribution is -2.07. The molecule has 0 aliphatic rings. The van der Waals surface area contributed by atoms with Gasteiger partial charge in [0.2, 0.25) is 3.79 Å². The van der Waals surface area contributed by atoms with Gasteiger partial charge >= 0.3 is 0 Å². The Kier molecular flexibility index (Phi) is 4.92. The van der Waals surface area contributed by atoms with Gasteiger partial charge in [-0.25, -0.2) is 9.67 Å². The summed E-state index contributed by atoms with van der Waals surface area (Å²) in [6, 6.07) is 14.5. The van der Waals surface area contributed by atoms with Gasteiger partial charge in [-0.05, 0) is 43.3 Å². The number of halogens is 4. The van der Waals surface area contributed by atoms with Crippen LogP contribution in [0.15, 0.2) is 48.5 Å². The van der Waals surface area contributed by atoms with Crippen molar-refractivity contribution in [3.8, 4) is 5.69 Å². The van der Waals surface area contributed by atoms with E-state index in [-0.39, 0.29) is 0 Å². The zero-order valence-corrected chi connectivity index (χ0v) is 15.5. The maximum atomic E-state index is 5.94. The quantitative estimate of drug-likeness (QED) is 0.564. The summed E-state index contributed by atoms with van der Waals surface area (Å²) in [7, 11) is 0. The predicted molar refractivity (Wildman–Crippen MR) is 100 cm³/mol. The smallest absolute Gasteiger partial charge is 0.232 e. The third-order valence-electron chi connectivity index (χ3n) is 3.20. The number of nitrogens with one attached hydrogen (secondary N) is 1. The van der Waals surface area contributed by atoms with Crippen LogP contribution < -0.4 is 5.32 Å². The molecule has 0 amide bonds. The highest BCUT2D eigenvalue weighted by molar-refractivity contribution is 6.66. The lowest BCUT2D eigenvalue weighted by atomic mass is 10.3. The Morgan fingerprint density at radius 3 is 2.42 bits per heavy atom. The highest BCUT2D eigenvalue weighted by atomic mass is 35.6. The third-order valence-corrected chi connectivity index (χ3v) is 4.03. The number of hydrogen-bond donors (Lipinski definition) is 1. The zero-order valence-electron chi connectivity index (χ0n) is 12.5. The molecule has 0 radical (unpaired) electrons. The van der Waals surface area contributed by atoms with Gasteiger partial charge in [-0.3, -0.25) is 0 Å². The van der Waals surface area contributed by atoms with Gasteiger partial charge in [0.15, 0.2) is 0 Å². The van der Waals surface area contributed by atoms with E-state index in [2.05, 4.69) is 15.4 Å². The normalized spacial score (nSPS) is 11.5. The van der Waals surface area contributed by atoms with E-state index in [0.29, 0.717) is 16.5 Å². The summed E-state index contributed by atoms with van der Waals surface area (Å²) in [6.07, 6.45) is 0. The average molecular weight is 402 g/mol. The first kappa shape index (κ1) is 17.4. The summed E-state index contributed by atoms with van der Waals surface area (Å²) in [5, 5.41) is 8.34. The lowest BCUT2D eigenvalue weighted by molar-refractivity contribution is 0.868. The number of pyridine rings is 1. The highest BCUT2D eigenvalue weighted by Gasteiger charge is 2.24. The van der Waals surface area contributed by atoms with Gasteiger partial charge < -0.3 is 5.32 Å². The second-order valence-corrected chi connectivity index (χ2v) is 7.81. The van der Waals surface area contributed by atoms with E-state index in [1.165, 1.54) is 0 Å². The molecule has 8 heteroatoms. The zero-order chi connectivity index (χ0) is 17.3. The molecule has 0 fully saturated rings. The minimum absolute atomic E-state index is 0.340. The van der Waals surface area contributed by atoms with E-state index < -0.39 is 3.79 Å². The van der Waals surface area contributed by atoms with Crippen LogP contribution in [0.2, 0.25) is 5.02 Å². The van der Waals surface area contributed by atoms with Crippen molar-refractivity contribution in [1.29, 1.82) is 0 Å². The number of aryl methyl sites for hydroxylation is 1. The van der Waals surface area contributed by atoms with Crippen LogP contribution in [-0.2, 0) is 3.79 Å². The van der Waals surface area contributed by atoms with E-state index >= 15 is 0 Å². The number of rotatable bonds is 3. The van der Waals surface area contributed by atoms with Gasteiger partial charge in [0, 0.05) is 11.1 Å². The second kappa shape index (κ2) is 6.81. The van der Waals surface area contributed by atoms with Gasteiger partial charge in [0.25, 0.3) is 0 Å². The van der Waals surface area contributed by atoms with E-state index in [1.807, 2.05) is 25.1 Å². The first-order valence-electron chi connectivity index (χ1n) is 6.97. The minimum Gasteiger partial charge on any atom is -0.325 e. The van der Waals surface area contributed by atoms with Crippen molar-refractivity contribution in [3.05, 3.63) is 64.9 Å². The van der Waals surface area contributed by atoms with Crippen molar-refractivity contribution < 1.29 is 0 Å². The monoisotopic (exact) mass is 400 g/mol. The molecule has 1 N–H and O–H groups in total. The molecule has 2 aromatic heterocycles. The van der Waals surface area contributed by atoms with Crippen molar-refractivity contribution in [3.63, 3.8) is 0 Å². The van der Waals surface area contributed by atoms with Crippen LogP contribution >= 0.6 is 46.4 Å². The molecule has 2 heterocycles. The molecule has 0 spiro atoms. The van der Waals surface area contributed by atoms with Crippen LogP contribution in [0.25, 0.3) is 5.69 Å². The summed E-state index contributed by atoms with van der Waals surface area (Å²) >= 11 is 23.6. The van der Waals surface area contributed by atoms with E-state index in [4.69, 9.17) is 46.4 Å². The summed E-state index contributed by atoms with van der Waals surface area (Å²) in [5.74, 6) is 1.29. The van der Waals surface area contributed by atoms with Crippen LogP contribution in [0.4, 0.5) is 11.6 Å². The topological polar surface area (TPSA) is 42.7 Å². The molecule has 3 aromatic rings. The van der Waals surface area contributed by atoms with Crippen molar-refractivity contribution >= 4 is 58.0 Å². The first-order valence-corrected chi connectivity index (χ1v) is 8.48. The van der Waals surface area contributed by atoms with E-state index in [1.54, 1.807) is 35.0 Å². The summed E-state index contributed by atoms with van der Waals surface area (Å²) < 4.78 is 0.180. The Morgan fingerprint density at radius 2 is 1.75 bits per heavy atom. The number of hydrogen-bond acceptors (Lipinski definition) is 3. The van der Waals surface area contributed by atoms with Gasteiger partial charge in [-0.1, -0.05) is 52.5 Å². The molecule has 3 rings (SSSR count). The van der Waals surface area contributed by atoms with Crippen LogP contribution in [-0.4, -0.2) is 14.8 Å². The third kappa shape index (κ3) is 3.95. The highest BCUT2D eigenvalue weighted by Crippen LogP contribution is 2.37. The average Bonchev–Trinajstić information content (AvgIpc) is 2.88. The van der Waals surface area contributed by atoms with Gasteiger partial charge in [-0.2, -0.15) is 5.10 Å². The molecular formula is C16H12Cl4N4. The molecule has 0 aliphatic carbocycles. The molecule has 0 bridgehead atoms. The Bertz CT molecular complexity index is 853. The van der Waals surface area contributed by atoms with Crippen LogP contribution in [0, 0.1) is 6.92 Å². The van der Waals surface area contributed by atoms with Crippen molar-refractivity contribution in [2.75, 3.05) is 5.32 Å². The largest absolute Gasteiger partial charge is 0.325 e. The number of nitrogens with zero attached hydrogens (tertiary/aromatic N) is 3. The molecule has 4 nitrogen and oxygen atoms in total. The standard InChI is InChI=1S/C16H12Cl4N4/c1-10-9-15(24(23-10)12-7-5-11(17)6-8-12)22-14-4-2-3-13(21-14)16(18,19)20/h2-9H,1H3,(H,21,22). The van der Waals surface area contributed by atoms with Crippen molar-refractivity contribution in [2.45, 2.75) is 10.7 Å². The van der Waals surface area contributed by atoms with Gasteiger partial charge in [0.1, 0.15) is 11.6 Å². The van der Waals surface area contributed by atoms with Gasteiger partial charge in [0.05, 0.1) is 17.1 Å². The Hall–Kier alpha value is -1.46. The number of alkyl halides is 3. The fourth-order valence-corrected chi connectivity index (χ4v) is 2.60. The molecule has 0 aliphatic heterocycles.